The molecule has 1 atom stereocenters. The van der Waals surface area contributed by atoms with Gasteiger partial charge in [-0.15, -0.1) is 0 Å². The normalized spacial score (nSPS) is 13.1. The molecule has 0 fully saturated rings. The van der Waals surface area contributed by atoms with Gasteiger partial charge >= 0.3 is 0 Å². The summed E-state index contributed by atoms with van der Waals surface area (Å²) in [7, 11) is -3.81. The third-order valence-corrected chi connectivity index (χ3v) is 5.05. The molecule has 0 saturated carbocycles. The number of nitrogens with two attached hydrogens (primary N) is 1. The third kappa shape index (κ3) is 3.81. The van der Waals surface area contributed by atoms with E-state index in [0.717, 1.165) is 16.1 Å². The second-order valence-corrected chi connectivity index (χ2v) is 7.21. The van der Waals surface area contributed by atoms with Crippen LogP contribution < -0.4 is 10.5 Å². The number of halogens is 2. The second-order valence-electron chi connectivity index (χ2n) is 4.58. The molecule has 0 aliphatic carbocycles. The average molecular weight is 373 g/mol. The van der Waals surface area contributed by atoms with Gasteiger partial charge in [-0.1, -0.05) is 28.1 Å². The van der Waals surface area contributed by atoms with Gasteiger partial charge in [-0.3, -0.25) is 0 Å². The van der Waals surface area contributed by atoms with Crippen LogP contribution in [0.5, 0.6) is 0 Å². The minimum Gasteiger partial charge on any atom is -0.396 e. The van der Waals surface area contributed by atoms with Crippen LogP contribution in [0.3, 0.4) is 0 Å². The van der Waals surface area contributed by atoms with Gasteiger partial charge in [-0.25, -0.2) is 17.5 Å². The van der Waals surface area contributed by atoms with E-state index in [-0.39, 0.29) is 10.6 Å². The molecular weight excluding hydrogens is 359 g/mol. The van der Waals surface area contributed by atoms with E-state index in [1.54, 1.807) is 19.1 Å². The fourth-order valence-corrected chi connectivity index (χ4v) is 3.30. The fraction of sp³-hybridized carbons (Fsp3) is 0.143. The Morgan fingerprint density at radius 3 is 2.38 bits per heavy atom. The van der Waals surface area contributed by atoms with E-state index in [4.69, 9.17) is 5.73 Å². The fourth-order valence-electron chi connectivity index (χ4n) is 1.80. The van der Waals surface area contributed by atoms with Gasteiger partial charge in [0.25, 0.3) is 0 Å². The van der Waals surface area contributed by atoms with Crippen LogP contribution in [-0.2, 0) is 10.0 Å². The lowest BCUT2D eigenvalue weighted by molar-refractivity contribution is 0.564. The highest BCUT2D eigenvalue weighted by atomic mass is 79.9. The number of nitrogens with one attached hydrogen (secondary N) is 1. The molecule has 7 heteroatoms. The maximum atomic E-state index is 13.4. The molecule has 2 aromatic carbocycles. The van der Waals surface area contributed by atoms with Crippen molar-refractivity contribution in [1.29, 1.82) is 0 Å². The molecule has 2 rings (SSSR count). The Hall–Kier alpha value is -1.44. The highest BCUT2D eigenvalue weighted by molar-refractivity contribution is 9.10. The summed E-state index contributed by atoms with van der Waals surface area (Å²) in [6, 6.07) is 10.2. The molecule has 0 spiro atoms. The Morgan fingerprint density at radius 2 is 1.81 bits per heavy atom. The van der Waals surface area contributed by atoms with Gasteiger partial charge in [-0.2, -0.15) is 0 Å². The van der Waals surface area contributed by atoms with Gasteiger partial charge in [0.2, 0.25) is 10.0 Å². The predicted octanol–water partition coefficient (Wildman–Crippen LogP) is 3.21. The van der Waals surface area contributed by atoms with Crippen molar-refractivity contribution in [3.05, 3.63) is 58.3 Å². The van der Waals surface area contributed by atoms with Crippen LogP contribution in [0.25, 0.3) is 0 Å². The third-order valence-electron chi connectivity index (χ3n) is 2.98. The summed E-state index contributed by atoms with van der Waals surface area (Å²) in [5.74, 6) is -0.755. The standard InChI is InChI=1S/C14H14BrFN2O2S/c1-9(10-2-4-11(15)5-3-10)18-21(19,20)12-6-7-14(17)13(16)8-12/h2-9,18H,17H2,1H3/t9-/m0/s1. The highest BCUT2D eigenvalue weighted by Gasteiger charge is 2.19. The molecule has 0 bridgehead atoms. The summed E-state index contributed by atoms with van der Waals surface area (Å²) in [5.41, 5.74) is 6.06. The molecule has 0 radical (unpaired) electrons. The van der Waals surface area contributed by atoms with E-state index < -0.39 is 21.9 Å². The van der Waals surface area contributed by atoms with Gasteiger partial charge < -0.3 is 5.73 Å². The molecule has 112 valence electrons. The average Bonchev–Trinajstić information content (AvgIpc) is 2.42. The van der Waals surface area contributed by atoms with Crippen molar-refractivity contribution in [1.82, 2.24) is 4.72 Å². The van der Waals surface area contributed by atoms with Crippen molar-refractivity contribution in [2.24, 2.45) is 0 Å². The van der Waals surface area contributed by atoms with Crippen molar-refractivity contribution in [2.45, 2.75) is 17.9 Å². The summed E-state index contributed by atoms with van der Waals surface area (Å²) in [4.78, 5) is -0.154. The maximum Gasteiger partial charge on any atom is 0.241 e. The van der Waals surface area contributed by atoms with Crippen LogP contribution in [0.2, 0.25) is 0 Å². The van der Waals surface area contributed by atoms with Crippen LogP contribution in [-0.4, -0.2) is 8.42 Å². The van der Waals surface area contributed by atoms with E-state index >= 15 is 0 Å². The first-order chi connectivity index (χ1) is 9.79. The van der Waals surface area contributed by atoms with Gasteiger partial charge in [0, 0.05) is 10.5 Å². The van der Waals surface area contributed by atoms with E-state index in [1.807, 2.05) is 12.1 Å². The highest BCUT2D eigenvalue weighted by Crippen LogP contribution is 2.21. The van der Waals surface area contributed by atoms with Crippen LogP contribution in [0.15, 0.2) is 51.8 Å². The van der Waals surface area contributed by atoms with Crippen LogP contribution in [0.1, 0.15) is 18.5 Å². The SMILES string of the molecule is C[C@H](NS(=O)(=O)c1ccc(N)c(F)c1)c1ccc(Br)cc1. The lowest BCUT2D eigenvalue weighted by Crippen LogP contribution is -2.27. The van der Waals surface area contributed by atoms with E-state index in [1.165, 1.54) is 12.1 Å². The molecule has 0 aromatic heterocycles. The summed E-state index contributed by atoms with van der Waals surface area (Å²) < 4.78 is 41.2. The molecule has 0 aliphatic heterocycles. The Balaban J connectivity index is 2.24. The first-order valence-electron chi connectivity index (χ1n) is 6.12. The van der Waals surface area contributed by atoms with Crippen molar-refractivity contribution in [3.8, 4) is 0 Å². The molecule has 0 unspecified atom stereocenters. The number of hydrogen-bond acceptors (Lipinski definition) is 3. The summed E-state index contributed by atoms with van der Waals surface area (Å²) in [6.07, 6.45) is 0. The quantitative estimate of drug-likeness (QED) is 0.809. The molecule has 0 aliphatic rings. The number of sulfonamides is 1. The summed E-state index contributed by atoms with van der Waals surface area (Å²) >= 11 is 3.32. The Labute approximate surface area is 131 Å². The molecular formula is C14H14BrFN2O2S. The Bertz CT molecular complexity index is 748. The van der Waals surface area contributed by atoms with Crippen LogP contribution >= 0.6 is 15.9 Å². The van der Waals surface area contributed by atoms with Crippen LogP contribution in [0, 0.1) is 5.82 Å². The summed E-state index contributed by atoms with van der Waals surface area (Å²) in [5, 5.41) is 0. The first kappa shape index (κ1) is 15.9. The molecule has 0 saturated heterocycles. The van der Waals surface area contributed by atoms with Gasteiger partial charge in [0.15, 0.2) is 0 Å². The largest absolute Gasteiger partial charge is 0.396 e. The zero-order valence-corrected chi connectivity index (χ0v) is 13.6. The molecule has 2 aromatic rings. The lowest BCUT2D eigenvalue weighted by Gasteiger charge is -2.15. The lowest BCUT2D eigenvalue weighted by atomic mass is 10.1. The van der Waals surface area contributed by atoms with Gasteiger partial charge in [-0.05, 0) is 42.8 Å². The Kier molecular flexibility index (Phi) is 4.65. The first-order valence-corrected chi connectivity index (χ1v) is 8.40. The zero-order valence-electron chi connectivity index (χ0n) is 11.2. The molecule has 4 nitrogen and oxygen atoms in total. The van der Waals surface area contributed by atoms with Gasteiger partial charge in [0.1, 0.15) is 5.82 Å². The number of hydrogen-bond donors (Lipinski definition) is 2. The minimum atomic E-state index is -3.81. The maximum absolute atomic E-state index is 13.4. The van der Waals surface area contributed by atoms with E-state index in [2.05, 4.69) is 20.7 Å². The second kappa shape index (κ2) is 6.13. The molecule has 0 heterocycles. The molecule has 0 amide bonds. The van der Waals surface area contributed by atoms with Crippen molar-refractivity contribution >= 4 is 31.6 Å². The molecule has 3 N–H and O–H groups in total. The minimum absolute atomic E-state index is 0.0880. The molecule has 21 heavy (non-hydrogen) atoms. The Morgan fingerprint density at radius 1 is 1.19 bits per heavy atom. The summed E-state index contributed by atoms with van der Waals surface area (Å²) in [6.45, 7) is 1.72. The van der Waals surface area contributed by atoms with E-state index in [0.29, 0.717) is 0 Å². The monoisotopic (exact) mass is 372 g/mol. The number of nitrogen functional groups attached to an aromatic ring is 1. The van der Waals surface area contributed by atoms with Gasteiger partial charge in [0.05, 0.1) is 10.6 Å². The zero-order chi connectivity index (χ0) is 15.6. The van der Waals surface area contributed by atoms with Crippen molar-refractivity contribution < 1.29 is 12.8 Å². The van der Waals surface area contributed by atoms with E-state index in [9.17, 15) is 12.8 Å². The predicted molar refractivity (Wildman–Crippen MR) is 83.7 cm³/mol. The smallest absolute Gasteiger partial charge is 0.241 e. The van der Waals surface area contributed by atoms with Crippen molar-refractivity contribution in [3.63, 3.8) is 0 Å². The van der Waals surface area contributed by atoms with Crippen molar-refractivity contribution in [2.75, 3.05) is 5.73 Å². The number of anilines is 1. The topological polar surface area (TPSA) is 72.2 Å². The number of benzene rings is 2. The number of rotatable bonds is 4. The van der Waals surface area contributed by atoms with Crippen LogP contribution in [0.4, 0.5) is 10.1 Å².